The summed E-state index contributed by atoms with van der Waals surface area (Å²) in [5, 5.41) is 0. The smallest absolute Gasteiger partial charge is 0.316 e. The van der Waals surface area contributed by atoms with Crippen LogP contribution in [0.2, 0.25) is 0 Å². The zero-order valence-electron chi connectivity index (χ0n) is 9.96. The largest absolute Gasteiger partial charge is 0.465 e. The van der Waals surface area contributed by atoms with Crippen molar-refractivity contribution in [1.29, 1.82) is 0 Å². The average Bonchev–Trinajstić information content (AvgIpc) is 2.72. The van der Waals surface area contributed by atoms with Crippen LogP contribution in [0.15, 0.2) is 12.1 Å². The van der Waals surface area contributed by atoms with Crippen molar-refractivity contribution < 1.29 is 18.3 Å². The maximum Gasteiger partial charge on any atom is 0.316 e. The van der Waals surface area contributed by atoms with E-state index in [1.807, 2.05) is 0 Å². The fourth-order valence-corrected chi connectivity index (χ4v) is 1.61. The van der Waals surface area contributed by atoms with Crippen molar-refractivity contribution in [2.45, 2.75) is 19.8 Å². The highest BCUT2D eigenvalue weighted by Gasteiger charge is 2.20. The number of carbonyl (C=O) groups excluding carboxylic acids is 1. The molecule has 1 N–H and O–H groups in total. The number of carbonyl (C=O) groups is 1. The summed E-state index contributed by atoms with van der Waals surface area (Å²) in [6.45, 7) is 3.59. The van der Waals surface area contributed by atoms with E-state index < -0.39 is 23.5 Å². The van der Waals surface area contributed by atoms with E-state index in [1.165, 1.54) is 0 Å². The third-order valence-electron chi connectivity index (χ3n) is 2.59. The number of hydrogen-bond donors (Lipinski definition) is 1. The molecule has 96 valence electrons. The molecule has 0 aliphatic heterocycles. The second-order valence-electron chi connectivity index (χ2n) is 3.88. The monoisotopic (exact) mass is 254 g/mol. The molecule has 0 fully saturated rings. The molecule has 2 rings (SSSR count). The van der Waals surface area contributed by atoms with Crippen molar-refractivity contribution in [3.63, 3.8) is 0 Å². The molecule has 0 amide bonds. The molecule has 1 heterocycles. The van der Waals surface area contributed by atoms with Crippen molar-refractivity contribution in [3.8, 4) is 0 Å². The van der Waals surface area contributed by atoms with Crippen molar-refractivity contribution in [2.24, 2.45) is 0 Å². The van der Waals surface area contributed by atoms with Crippen LogP contribution in [0.1, 0.15) is 25.6 Å². The van der Waals surface area contributed by atoms with E-state index >= 15 is 0 Å². The van der Waals surface area contributed by atoms with Crippen molar-refractivity contribution in [2.75, 3.05) is 6.61 Å². The first-order valence-corrected chi connectivity index (χ1v) is 5.54. The zero-order valence-corrected chi connectivity index (χ0v) is 9.96. The van der Waals surface area contributed by atoms with Gasteiger partial charge >= 0.3 is 5.97 Å². The molecule has 1 atom stereocenters. The lowest BCUT2D eigenvalue weighted by molar-refractivity contribution is -0.144. The number of aromatic nitrogens is 2. The minimum Gasteiger partial charge on any atom is -0.465 e. The first-order chi connectivity index (χ1) is 8.52. The van der Waals surface area contributed by atoms with Gasteiger partial charge in [0.2, 0.25) is 0 Å². The Labute approximate surface area is 102 Å². The number of imidazole rings is 1. The quantitative estimate of drug-likeness (QED) is 0.856. The maximum absolute atomic E-state index is 13.0. The molecule has 4 nitrogen and oxygen atoms in total. The van der Waals surface area contributed by atoms with E-state index in [-0.39, 0.29) is 12.1 Å². The van der Waals surface area contributed by atoms with Gasteiger partial charge < -0.3 is 9.72 Å². The number of H-pyrrole nitrogens is 1. The normalized spacial score (nSPS) is 12.7. The molecular weight excluding hydrogens is 242 g/mol. The lowest BCUT2D eigenvalue weighted by atomic mass is 10.2. The van der Waals surface area contributed by atoms with E-state index in [0.29, 0.717) is 11.3 Å². The SMILES string of the molecule is CCOC(=O)C(C)c1nc2cc(F)c(F)cc2[nH]1. The Balaban J connectivity index is 2.38. The van der Waals surface area contributed by atoms with Crippen molar-refractivity contribution >= 4 is 17.0 Å². The van der Waals surface area contributed by atoms with Crippen LogP contribution in [-0.4, -0.2) is 22.5 Å². The number of hydrogen-bond acceptors (Lipinski definition) is 3. The van der Waals surface area contributed by atoms with Crippen LogP contribution in [0.25, 0.3) is 11.0 Å². The van der Waals surface area contributed by atoms with Crippen LogP contribution in [-0.2, 0) is 9.53 Å². The fraction of sp³-hybridized carbons (Fsp3) is 0.333. The molecule has 0 saturated carbocycles. The second-order valence-corrected chi connectivity index (χ2v) is 3.88. The number of halogens is 2. The maximum atomic E-state index is 13.0. The molecule has 1 unspecified atom stereocenters. The summed E-state index contributed by atoms with van der Waals surface area (Å²) in [4.78, 5) is 18.4. The van der Waals surface area contributed by atoms with Gasteiger partial charge in [-0.1, -0.05) is 0 Å². The number of nitrogens with zero attached hydrogens (tertiary/aromatic N) is 1. The fourth-order valence-electron chi connectivity index (χ4n) is 1.61. The molecule has 0 spiro atoms. The predicted octanol–water partition coefficient (Wildman–Crippen LogP) is 2.51. The molecule has 0 saturated heterocycles. The Hall–Kier alpha value is -1.98. The topological polar surface area (TPSA) is 55.0 Å². The molecule has 0 aliphatic rings. The van der Waals surface area contributed by atoms with E-state index in [9.17, 15) is 13.6 Å². The highest BCUT2D eigenvalue weighted by molar-refractivity contribution is 5.80. The van der Waals surface area contributed by atoms with Crippen LogP contribution < -0.4 is 0 Å². The Morgan fingerprint density at radius 2 is 2.11 bits per heavy atom. The van der Waals surface area contributed by atoms with Crippen LogP contribution in [0.4, 0.5) is 8.78 Å². The lowest BCUT2D eigenvalue weighted by Crippen LogP contribution is -2.14. The molecule has 18 heavy (non-hydrogen) atoms. The van der Waals surface area contributed by atoms with E-state index in [4.69, 9.17) is 4.74 Å². The van der Waals surface area contributed by atoms with Gasteiger partial charge in [-0.3, -0.25) is 4.79 Å². The average molecular weight is 254 g/mol. The molecule has 2 aromatic rings. The summed E-state index contributed by atoms with van der Waals surface area (Å²) in [6, 6.07) is 2.00. The standard InChI is InChI=1S/C12H12F2N2O2/c1-3-18-12(17)6(2)11-15-9-4-7(13)8(14)5-10(9)16-11/h4-6H,3H2,1-2H3,(H,15,16). The molecule has 0 aliphatic carbocycles. The van der Waals surface area contributed by atoms with Crippen molar-refractivity contribution in [1.82, 2.24) is 9.97 Å². The first-order valence-electron chi connectivity index (χ1n) is 5.54. The Morgan fingerprint density at radius 1 is 1.44 bits per heavy atom. The number of ether oxygens (including phenoxy) is 1. The molecule has 0 radical (unpaired) electrons. The van der Waals surface area contributed by atoms with Crippen LogP contribution >= 0.6 is 0 Å². The van der Waals surface area contributed by atoms with Gasteiger partial charge in [0.05, 0.1) is 17.6 Å². The highest BCUT2D eigenvalue weighted by Crippen LogP contribution is 2.21. The summed E-state index contributed by atoms with van der Waals surface area (Å²) >= 11 is 0. The summed E-state index contributed by atoms with van der Waals surface area (Å²) in [7, 11) is 0. The summed E-state index contributed by atoms with van der Waals surface area (Å²) in [6.07, 6.45) is 0. The number of fused-ring (bicyclic) bond motifs is 1. The van der Waals surface area contributed by atoms with Gasteiger partial charge in [0.15, 0.2) is 11.6 Å². The van der Waals surface area contributed by atoms with Crippen LogP contribution in [0.5, 0.6) is 0 Å². The first kappa shape index (κ1) is 12.5. The predicted molar refractivity (Wildman–Crippen MR) is 61.1 cm³/mol. The Bertz CT molecular complexity index is 556. The van der Waals surface area contributed by atoms with Crippen LogP contribution in [0, 0.1) is 11.6 Å². The number of aromatic amines is 1. The number of benzene rings is 1. The van der Waals surface area contributed by atoms with Crippen molar-refractivity contribution in [3.05, 3.63) is 29.6 Å². The van der Waals surface area contributed by atoms with Crippen LogP contribution in [0.3, 0.4) is 0 Å². The van der Waals surface area contributed by atoms with Gasteiger partial charge in [-0.2, -0.15) is 0 Å². The molecule has 1 aromatic carbocycles. The van der Waals surface area contributed by atoms with Gasteiger partial charge in [0.1, 0.15) is 11.7 Å². The zero-order chi connectivity index (χ0) is 13.3. The molecule has 0 bridgehead atoms. The Kier molecular flexibility index (Phi) is 3.27. The highest BCUT2D eigenvalue weighted by atomic mass is 19.2. The van der Waals surface area contributed by atoms with Gasteiger partial charge in [0, 0.05) is 12.1 Å². The van der Waals surface area contributed by atoms with Gasteiger partial charge in [-0.25, -0.2) is 13.8 Å². The second kappa shape index (κ2) is 4.72. The number of nitrogens with one attached hydrogen (secondary N) is 1. The Morgan fingerprint density at radius 3 is 2.78 bits per heavy atom. The van der Waals surface area contributed by atoms with E-state index in [1.54, 1.807) is 13.8 Å². The van der Waals surface area contributed by atoms with Gasteiger partial charge in [-0.15, -0.1) is 0 Å². The van der Waals surface area contributed by atoms with E-state index in [0.717, 1.165) is 12.1 Å². The minimum absolute atomic E-state index is 0.270. The van der Waals surface area contributed by atoms with Gasteiger partial charge in [-0.05, 0) is 13.8 Å². The number of esters is 1. The third kappa shape index (κ3) is 2.18. The lowest BCUT2D eigenvalue weighted by Gasteiger charge is -2.06. The molecular formula is C12H12F2N2O2. The number of rotatable bonds is 3. The van der Waals surface area contributed by atoms with E-state index in [2.05, 4.69) is 9.97 Å². The summed E-state index contributed by atoms with van der Waals surface area (Å²) < 4.78 is 30.9. The molecule has 6 heteroatoms. The third-order valence-corrected chi connectivity index (χ3v) is 2.59. The summed E-state index contributed by atoms with van der Waals surface area (Å²) in [5.74, 6) is -2.64. The molecule has 1 aromatic heterocycles. The summed E-state index contributed by atoms with van der Waals surface area (Å²) in [5.41, 5.74) is 0.625. The minimum atomic E-state index is -0.968. The van der Waals surface area contributed by atoms with Gasteiger partial charge in [0.25, 0.3) is 0 Å².